The molecule has 1 fully saturated rings. The molecule has 1 aliphatic carbocycles. The van der Waals surface area contributed by atoms with Crippen LogP contribution in [-0.2, 0) is 27.4 Å². The molecule has 1 unspecified atom stereocenters. The predicted octanol–water partition coefficient (Wildman–Crippen LogP) is 4.85. The molecule has 0 bridgehead atoms. The Bertz CT molecular complexity index is 1140. The van der Waals surface area contributed by atoms with Crippen molar-refractivity contribution in [2.24, 2.45) is 11.7 Å². The Balaban J connectivity index is 1.45. The summed E-state index contributed by atoms with van der Waals surface area (Å²) in [5.74, 6) is -1.42. The van der Waals surface area contributed by atoms with E-state index in [9.17, 15) is 14.0 Å². The van der Waals surface area contributed by atoms with Crippen LogP contribution in [0.2, 0.25) is 0 Å². The van der Waals surface area contributed by atoms with E-state index in [4.69, 9.17) is 10.5 Å². The van der Waals surface area contributed by atoms with Gasteiger partial charge in [-0.05, 0) is 47.6 Å². The van der Waals surface area contributed by atoms with Crippen molar-refractivity contribution < 1.29 is 18.7 Å². The van der Waals surface area contributed by atoms with Gasteiger partial charge in [-0.25, -0.2) is 4.39 Å². The number of fused-ring (bicyclic) bond motifs is 1. The van der Waals surface area contributed by atoms with E-state index in [-0.39, 0.29) is 42.8 Å². The number of esters is 1. The summed E-state index contributed by atoms with van der Waals surface area (Å²) in [6.45, 7) is -0.0253. The molecular weight excluding hydrogens is 419 g/mol. The summed E-state index contributed by atoms with van der Waals surface area (Å²) in [6.07, 6.45) is 8.58. The molecule has 0 saturated heterocycles. The summed E-state index contributed by atoms with van der Waals surface area (Å²) in [4.78, 5) is 29.5. The number of nitrogens with two attached hydrogens (primary N) is 1. The smallest absolute Gasteiger partial charge is 0.309 e. The Morgan fingerprint density at radius 3 is 2.67 bits per heavy atom. The van der Waals surface area contributed by atoms with Crippen LogP contribution in [0, 0.1) is 11.7 Å². The number of ketones is 1. The molecule has 3 aromatic rings. The van der Waals surface area contributed by atoms with Gasteiger partial charge in [-0.1, -0.05) is 43.5 Å². The number of benzene rings is 2. The van der Waals surface area contributed by atoms with Crippen LogP contribution >= 0.6 is 0 Å². The molecule has 6 heteroatoms. The van der Waals surface area contributed by atoms with Gasteiger partial charge >= 0.3 is 5.97 Å². The first-order valence-electron chi connectivity index (χ1n) is 11.6. The molecule has 1 heterocycles. The van der Waals surface area contributed by atoms with Gasteiger partial charge < -0.3 is 10.5 Å². The van der Waals surface area contributed by atoms with E-state index in [1.165, 1.54) is 6.07 Å². The first kappa shape index (κ1) is 23.1. The normalized spacial score (nSPS) is 15.3. The Kier molecular flexibility index (Phi) is 7.45. The van der Waals surface area contributed by atoms with Crippen molar-refractivity contribution >= 4 is 22.5 Å². The molecule has 2 aromatic carbocycles. The molecule has 172 valence electrons. The lowest BCUT2D eigenvalue weighted by Gasteiger charge is -2.20. The van der Waals surface area contributed by atoms with E-state index in [2.05, 4.69) is 4.98 Å². The fourth-order valence-corrected chi connectivity index (χ4v) is 4.55. The molecule has 1 aliphatic rings. The first-order valence-corrected chi connectivity index (χ1v) is 11.6. The molecule has 0 spiro atoms. The number of halogens is 1. The average Bonchev–Trinajstić information content (AvgIpc) is 2.85. The van der Waals surface area contributed by atoms with Gasteiger partial charge in [0.1, 0.15) is 18.2 Å². The highest BCUT2D eigenvalue weighted by Gasteiger charge is 2.24. The second-order valence-corrected chi connectivity index (χ2v) is 8.78. The minimum Gasteiger partial charge on any atom is -0.460 e. The zero-order chi connectivity index (χ0) is 23.2. The van der Waals surface area contributed by atoms with Crippen molar-refractivity contribution in [1.82, 2.24) is 4.98 Å². The maximum Gasteiger partial charge on any atom is 0.309 e. The van der Waals surface area contributed by atoms with E-state index < -0.39 is 11.7 Å². The number of nitrogens with zero attached hydrogens (tertiary/aromatic N) is 1. The Labute approximate surface area is 193 Å². The number of rotatable bonds is 8. The van der Waals surface area contributed by atoms with Crippen LogP contribution < -0.4 is 5.73 Å². The second-order valence-electron chi connectivity index (χ2n) is 8.78. The van der Waals surface area contributed by atoms with Gasteiger partial charge in [0, 0.05) is 36.3 Å². The summed E-state index contributed by atoms with van der Waals surface area (Å²) in [5, 5.41) is 2.03. The molecule has 0 radical (unpaired) electrons. The fraction of sp³-hybridized carbons (Fsp3) is 0.370. The molecule has 2 N–H and O–H groups in total. The van der Waals surface area contributed by atoms with Crippen molar-refractivity contribution in [3.63, 3.8) is 0 Å². The maximum absolute atomic E-state index is 14.4. The number of hydrogen-bond acceptors (Lipinski definition) is 5. The number of carbonyl (C=O) groups excluding carboxylic acids is 2. The molecule has 0 aliphatic heterocycles. The summed E-state index contributed by atoms with van der Waals surface area (Å²) in [5.41, 5.74) is 7.74. The first-order chi connectivity index (χ1) is 16.0. The van der Waals surface area contributed by atoms with Gasteiger partial charge in [0.2, 0.25) is 0 Å². The standard InChI is InChI=1S/C27H29FN2O3/c28-25-9-8-21(14-23(25)17-33-27(32)19-4-2-1-3-5-19)24(15-29)26(31)13-18-6-7-22-16-30-11-10-20(22)12-18/h6-12,14,16,19,24H,1-5,13,15,17,29H2. The van der Waals surface area contributed by atoms with E-state index >= 15 is 0 Å². The Hall–Kier alpha value is -3.12. The monoisotopic (exact) mass is 448 g/mol. The highest BCUT2D eigenvalue weighted by molar-refractivity contribution is 5.89. The Morgan fingerprint density at radius 2 is 1.88 bits per heavy atom. The SMILES string of the molecule is NCC(C(=O)Cc1ccc2cnccc2c1)c1ccc(F)c(COC(=O)C2CCCCC2)c1. The van der Waals surface area contributed by atoms with Crippen molar-refractivity contribution in [2.75, 3.05) is 6.54 Å². The minimum atomic E-state index is -0.563. The van der Waals surface area contributed by atoms with Crippen molar-refractivity contribution in [3.05, 3.63) is 77.4 Å². The topological polar surface area (TPSA) is 82.3 Å². The quantitative estimate of drug-likeness (QED) is 0.498. The summed E-state index contributed by atoms with van der Waals surface area (Å²) < 4.78 is 19.8. The van der Waals surface area contributed by atoms with Gasteiger partial charge in [-0.3, -0.25) is 14.6 Å². The number of carbonyl (C=O) groups is 2. The Morgan fingerprint density at radius 1 is 1.06 bits per heavy atom. The third-order valence-electron chi connectivity index (χ3n) is 6.49. The van der Waals surface area contributed by atoms with Crippen molar-refractivity contribution in [3.8, 4) is 0 Å². The van der Waals surface area contributed by atoms with Gasteiger partial charge in [0.15, 0.2) is 0 Å². The van der Waals surface area contributed by atoms with Crippen LogP contribution in [0.15, 0.2) is 54.9 Å². The van der Waals surface area contributed by atoms with Gasteiger partial charge in [0.25, 0.3) is 0 Å². The zero-order valence-corrected chi connectivity index (χ0v) is 18.6. The predicted molar refractivity (Wildman–Crippen MR) is 125 cm³/mol. The maximum atomic E-state index is 14.4. The third-order valence-corrected chi connectivity index (χ3v) is 6.49. The fourth-order valence-electron chi connectivity index (χ4n) is 4.55. The van der Waals surface area contributed by atoms with E-state index in [1.54, 1.807) is 24.5 Å². The highest BCUT2D eigenvalue weighted by atomic mass is 19.1. The number of Topliss-reactive ketones (excluding diaryl/α,β-unsaturated/α-hetero) is 1. The summed E-state index contributed by atoms with van der Waals surface area (Å²) in [6, 6.07) is 12.2. The lowest BCUT2D eigenvalue weighted by atomic mass is 9.89. The molecule has 1 saturated carbocycles. The largest absolute Gasteiger partial charge is 0.460 e. The number of pyridine rings is 1. The van der Waals surface area contributed by atoms with E-state index in [0.29, 0.717) is 5.56 Å². The van der Waals surface area contributed by atoms with Crippen LogP contribution in [-0.4, -0.2) is 23.3 Å². The van der Waals surface area contributed by atoms with Crippen LogP contribution in [0.3, 0.4) is 0 Å². The molecule has 0 amide bonds. The van der Waals surface area contributed by atoms with Crippen LogP contribution in [0.4, 0.5) is 4.39 Å². The second kappa shape index (κ2) is 10.7. The average molecular weight is 449 g/mol. The van der Waals surface area contributed by atoms with E-state index in [0.717, 1.165) is 48.4 Å². The third kappa shape index (κ3) is 5.63. The van der Waals surface area contributed by atoms with Gasteiger partial charge in [-0.15, -0.1) is 0 Å². The molecular formula is C27H29FN2O3. The minimum absolute atomic E-state index is 0.0392. The molecule has 33 heavy (non-hydrogen) atoms. The molecule has 4 rings (SSSR count). The van der Waals surface area contributed by atoms with E-state index in [1.807, 2.05) is 24.3 Å². The summed E-state index contributed by atoms with van der Waals surface area (Å²) in [7, 11) is 0. The van der Waals surface area contributed by atoms with Crippen LogP contribution in [0.25, 0.3) is 10.8 Å². The lowest BCUT2D eigenvalue weighted by molar-refractivity contribution is -0.151. The molecule has 5 nitrogen and oxygen atoms in total. The summed E-state index contributed by atoms with van der Waals surface area (Å²) >= 11 is 0. The van der Waals surface area contributed by atoms with Crippen LogP contribution in [0.1, 0.15) is 54.7 Å². The van der Waals surface area contributed by atoms with Gasteiger partial charge in [0.05, 0.1) is 11.8 Å². The zero-order valence-electron chi connectivity index (χ0n) is 18.6. The van der Waals surface area contributed by atoms with Gasteiger partial charge in [-0.2, -0.15) is 0 Å². The van der Waals surface area contributed by atoms with Crippen molar-refractivity contribution in [1.29, 1.82) is 0 Å². The highest BCUT2D eigenvalue weighted by Crippen LogP contribution is 2.26. The number of ether oxygens (including phenoxy) is 1. The number of hydrogen-bond donors (Lipinski definition) is 1. The lowest BCUT2D eigenvalue weighted by Crippen LogP contribution is -2.24. The molecule has 1 atom stereocenters. The molecule has 1 aromatic heterocycles. The van der Waals surface area contributed by atoms with Crippen LogP contribution in [0.5, 0.6) is 0 Å². The van der Waals surface area contributed by atoms with Crippen molar-refractivity contribution in [2.45, 2.75) is 51.0 Å². The number of aromatic nitrogens is 1.